The highest BCUT2D eigenvalue weighted by molar-refractivity contribution is 5.93. The summed E-state index contributed by atoms with van der Waals surface area (Å²) in [6, 6.07) is 12.3. The molecule has 0 saturated heterocycles. The number of nitrogens with one attached hydrogen (secondary N) is 2. The molecule has 124 valence electrons. The number of methoxy groups -OCH3 is 2. The number of fused-ring (bicyclic) bond motifs is 1. The van der Waals surface area contributed by atoms with Crippen LogP contribution < -0.4 is 20.5 Å². The Labute approximate surface area is 137 Å². The van der Waals surface area contributed by atoms with E-state index in [0.29, 0.717) is 28.2 Å². The van der Waals surface area contributed by atoms with E-state index in [1.165, 1.54) is 11.7 Å². The first-order valence-electron chi connectivity index (χ1n) is 7.32. The molecule has 2 N–H and O–H groups in total. The molecule has 24 heavy (non-hydrogen) atoms. The molecule has 1 amide bonds. The summed E-state index contributed by atoms with van der Waals surface area (Å²) in [5.74, 6) is 0.763. The molecule has 3 aromatic rings. The Bertz CT molecular complexity index is 942. The number of hydrogen-bond acceptors (Lipinski definition) is 4. The summed E-state index contributed by atoms with van der Waals surface area (Å²) < 4.78 is 11.8. The third-order valence-corrected chi connectivity index (χ3v) is 3.66. The van der Waals surface area contributed by atoms with Gasteiger partial charge >= 0.3 is 5.69 Å². The van der Waals surface area contributed by atoms with Crippen molar-refractivity contribution in [3.63, 3.8) is 0 Å². The van der Waals surface area contributed by atoms with Gasteiger partial charge in [-0.05, 0) is 24.3 Å². The summed E-state index contributed by atoms with van der Waals surface area (Å²) in [5.41, 5.74) is 1.52. The SMILES string of the molecule is COc1ccc(OC)c(NC(=O)Cn2c(=O)[nH]c3ccccc32)c1. The van der Waals surface area contributed by atoms with Crippen LogP contribution in [-0.2, 0) is 11.3 Å². The van der Waals surface area contributed by atoms with Crippen LogP contribution in [0.2, 0.25) is 0 Å². The zero-order valence-corrected chi connectivity index (χ0v) is 13.3. The minimum absolute atomic E-state index is 0.108. The minimum Gasteiger partial charge on any atom is -0.497 e. The van der Waals surface area contributed by atoms with Crippen molar-refractivity contribution in [2.75, 3.05) is 19.5 Å². The third-order valence-electron chi connectivity index (χ3n) is 3.66. The molecule has 0 fully saturated rings. The number of ether oxygens (including phenoxy) is 2. The number of benzene rings is 2. The molecule has 0 unspecified atom stereocenters. The van der Waals surface area contributed by atoms with Crippen molar-refractivity contribution in [1.29, 1.82) is 0 Å². The van der Waals surface area contributed by atoms with E-state index < -0.39 is 0 Å². The second kappa shape index (κ2) is 6.49. The van der Waals surface area contributed by atoms with Gasteiger partial charge in [0, 0.05) is 6.07 Å². The molecule has 7 heteroatoms. The highest BCUT2D eigenvalue weighted by atomic mass is 16.5. The monoisotopic (exact) mass is 327 g/mol. The molecule has 0 saturated carbocycles. The van der Waals surface area contributed by atoms with E-state index >= 15 is 0 Å². The lowest BCUT2D eigenvalue weighted by Gasteiger charge is -2.12. The predicted molar refractivity (Wildman–Crippen MR) is 90.7 cm³/mol. The van der Waals surface area contributed by atoms with Crippen LogP contribution in [0, 0.1) is 0 Å². The molecule has 0 spiro atoms. The lowest BCUT2D eigenvalue weighted by atomic mass is 10.2. The van der Waals surface area contributed by atoms with Crippen LogP contribution >= 0.6 is 0 Å². The van der Waals surface area contributed by atoms with Crippen molar-refractivity contribution in [1.82, 2.24) is 9.55 Å². The van der Waals surface area contributed by atoms with Crippen molar-refractivity contribution < 1.29 is 14.3 Å². The molecule has 0 radical (unpaired) electrons. The Morgan fingerprint density at radius 1 is 1.17 bits per heavy atom. The molecule has 0 aliphatic heterocycles. The molecule has 2 aromatic carbocycles. The highest BCUT2D eigenvalue weighted by Crippen LogP contribution is 2.28. The van der Waals surface area contributed by atoms with E-state index in [1.807, 2.05) is 12.1 Å². The zero-order valence-electron chi connectivity index (χ0n) is 13.3. The molecular weight excluding hydrogens is 310 g/mol. The fourth-order valence-electron chi connectivity index (χ4n) is 2.51. The summed E-state index contributed by atoms with van der Waals surface area (Å²) in [6.45, 7) is -0.108. The molecule has 0 atom stereocenters. The normalized spacial score (nSPS) is 10.6. The maximum absolute atomic E-state index is 12.4. The number of rotatable bonds is 5. The third kappa shape index (κ3) is 2.96. The van der Waals surface area contributed by atoms with E-state index in [9.17, 15) is 9.59 Å². The van der Waals surface area contributed by atoms with Gasteiger partial charge in [-0.3, -0.25) is 9.36 Å². The molecule has 0 aliphatic carbocycles. The topological polar surface area (TPSA) is 85.3 Å². The maximum Gasteiger partial charge on any atom is 0.326 e. The van der Waals surface area contributed by atoms with E-state index in [1.54, 1.807) is 37.4 Å². The van der Waals surface area contributed by atoms with Gasteiger partial charge in [0.1, 0.15) is 18.0 Å². The van der Waals surface area contributed by atoms with E-state index in [4.69, 9.17) is 9.47 Å². The second-order valence-electron chi connectivity index (χ2n) is 5.15. The van der Waals surface area contributed by atoms with Gasteiger partial charge in [-0.1, -0.05) is 12.1 Å². The maximum atomic E-state index is 12.4. The van der Waals surface area contributed by atoms with Crippen molar-refractivity contribution >= 4 is 22.6 Å². The lowest BCUT2D eigenvalue weighted by Crippen LogP contribution is -2.26. The fourth-order valence-corrected chi connectivity index (χ4v) is 2.51. The number of nitrogens with zero attached hydrogens (tertiary/aromatic N) is 1. The van der Waals surface area contributed by atoms with Gasteiger partial charge in [-0.2, -0.15) is 0 Å². The molecule has 0 bridgehead atoms. The summed E-state index contributed by atoms with van der Waals surface area (Å²) in [7, 11) is 3.06. The van der Waals surface area contributed by atoms with E-state index in [0.717, 1.165) is 0 Å². The minimum atomic E-state index is -0.339. The Morgan fingerprint density at radius 3 is 2.71 bits per heavy atom. The number of para-hydroxylation sites is 2. The van der Waals surface area contributed by atoms with Crippen molar-refractivity contribution in [2.24, 2.45) is 0 Å². The van der Waals surface area contributed by atoms with Crippen LogP contribution in [0.3, 0.4) is 0 Å². The molecule has 7 nitrogen and oxygen atoms in total. The molecule has 1 heterocycles. The number of carbonyl (C=O) groups excluding carboxylic acids is 1. The largest absolute Gasteiger partial charge is 0.497 e. The summed E-state index contributed by atoms with van der Waals surface area (Å²) >= 11 is 0. The number of aromatic nitrogens is 2. The fraction of sp³-hybridized carbons (Fsp3) is 0.176. The number of imidazole rings is 1. The molecular formula is C17H17N3O4. The number of carbonyl (C=O) groups is 1. The van der Waals surface area contributed by atoms with Gasteiger partial charge in [-0.15, -0.1) is 0 Å². The van der Waals surface area contributed by atoms with Crippen LogP contribution in [0.25, 0.3) is 11.0 Å². The van der Waals surface area contributed by atoms with Gasteiger partial charge in [-0.25, -0.2) is 4.79 Å². The van der Waals surface area contributed by atoms with Crippen LogP contribution in [0.1, 0.15) is 0 Å². The van der Waals surface area contributed by atoms with Crippen molar-refractivity contribution in [3.05, 3.63) is 52.9 Å². The van der Waals surface area contributed by atoms with E-state index in [2.05, 4.69) is 10.3 Å². The van der Waals surface area contributed by atoms with Crippen LogP contribution in [0.4, 0.5) is 5.69 Å². The molecule has 3 rings (SSSR count). The Balaban J connectivity index is 1.85. The van der Waals surface area contributed by atoms with Crippen molar-refractivity contribution in [3.8, 4) is 11.5 Å². The Hall–Kier alpha value is -3.22. The predicted octanol–water partition coefficient (Wildman–Crippen LogP) is 1.99. The summed E-state index contributed by atoms with van der Waals surface area (Å²) in [6.07, 6.45) is 0. The quantitative estimate of drug-likeness (QED) is 0.750. The Kier molecular flexibility index (Phi) is 4.24. The average Bonchev–Trinajstić information content (AvgIpc) is 2.90. The van der Waals surface area contributed by atoms with Crippen LogP contribution in [0.15, 0.2) is 47.3 Å². The molecule has 1 aromatic heterocycles. The average molecular weight is 327 g/mol. The van der Waals surface area contributed by atoms with Gasteiger partial charge in [0.25, 0.3) is 0 Å². The van der Waals surface area contributed by atoms with Crippen molar-refractivity contribution in [2.45, 2.75) is 6.54 Å². The van der Waals surface area contributed by atoms with Gasteiger partial charge in [0.05, 0.1) is 30.9 Å². The van der Waals surface area contributed by atoms with Crippen LogP contribution in [0.5, 0.6) is 11.5 Å². The number of H-pyrrole nitrogens is 1. The Morgan fingerprint density at radius 2 is 1.96 bits per heavy atom. The van der Waals surface area contributed by atoms with E-state index in [-0.39, 0.29) is 18.1 Å². The molecule has 0 aliphatic rings. The van der Waals surface area contributed by atoms with Gasteiger partial charge in [0.15, 0.2) is 0 Å². The lowest BCUT2D eigenvalue weighted by molar-refractivity contribution is -0.116. The number of hydrogen-bond donors (Lipinski definition) is 2. The van der Waals surface area contributed by atoms with Gasteiger partial charge < -0.3 is 19.8 Å². The summed E-state index contributed by atoms with van der Waals surface area (Å²) in [5, 5.41) is 2.75. The highest BCUT2D eigenvalue weighted by Gasteiger charge is 2.13. The standard InChI is InChI=1S/C17H17N3O4/c1-23-11-7-8-15(24-2)13(9-11)18-16(21)10-20-14-6-4-3-5-12(14)19-17(20)22/h3-9H,10H2,1-2H3,(H,18,21)(H,19,22). The zero-order chi connectivity index (χ0) is 17.1. The first-order chi connectivity index (χ1) is 11.6. The number of aromatic amines is 1. The van der Waals surface area contributed by atoms with Crippen LogP contribution in [-0.4, -0.2) is 29.7 Å². The summed E-state index contributed by atoms with van der Waals surface area (Å²) in [4.78, 5) is 27.1. The smallest absolute Gasteiger partial charge is 0.326 e. The van der Waals surface area contributed by atoms with Gasteiger partial charge in [0.2, 0.25) is 5.91 Å². The first-order valence-corrected chi connectivity index (χ1v) is 7.32. The second-order valence-corrected chi connectivity index (χ2v) is 5.15. The number of amides is 1. The first kappa shape index (κ1) is 15.7. The number of anilines is 1.